The number of benzene rings is 1. The van der Waals surface area contributed by atoms with E-state index in [1.54, 1.807) is 18.2 Å². The monoisotopic (exact) mass is 320 g/mol. The predicted octanol–water partition coefficient (Wildman–Crippen LogP) is 1.28. The zero-order valence-corrected chi connectivity index (χ0v) is 11.9. The highest BCUT2D eigenvalue weighted by Crippen LogP contribution is 2.15. The van der Waals surface area contributed by atoms with Crippen molar-refractivity contribution in [3.63, 3.8) is 0 Å². The van der Waals surface area contributed by atoms with Gasteiger partial charge in [0.2, 0.25) is 15.9 Å². The number of nitrogens with zero attached hydrogens (tertiary/aromatic N) is 1. The number of carbonyl (C=O) groups is 1. The Kier molecular flexibility index (Phi) is 4.67. The van der Waals surface area contributed by atoms with Crippen molar-refractivity contribution >= 4 is 37.5 Å². The van der Waals surface area contributed by atoms with E-state index in [0.29, 0.717) is 5.69 Å². The van der Waals surface area contributed by atoms with Gasteiger partial charge in [-0.3, -0.25) is 4.79 Å². The predicted molar refractivity (Wildman–Crippen MR) is 70.2 cm³/mol. The molecule has 1 amide bonds. The van der Waals surface area contributed by atoms with Gasteiger partial charge in [-0.2, -0.15) is 4.31 Å². The van der Waals surface area contributed by atoms with E-state index < -0.39 is 10.0 Å². The van der Waals surface area contributed by atoms with Crippen LogP contribution in [0.4, 0.5) is 5.69 Å². The van der Waals surface area contributed by atoms with Gasteiger partial charge in [0.1, 0.15) is 0 Å². The molecule has 0 saturated carbocycles. The molecule has 7 heteroatoms. The van der Waals surface area contributed by atoms with Gasteiger partial charge in [0.15, 0.2) is 0 Å². The lowest BCUT2D eigenvalue weighted by atomic mass is 10.3. The SMILES string of the molecule is CN(CC(=O)Nc1cccc(Br)c1)S(C)(=O)=O. The van der Waals surface area contributed by atoms with E-state index in [2.05, 4.69) is 21.2 Å². The average Bonchev–Trinajstić information content (AvgIpc) is 2.15. The second kappa shape index (κ2) is 5.61. The minimum absolute atomic E-state index is 0.203. The normalized spacial score (nSPS) is 11.5. The fourth-order valence-corrected chi connectivity index (χ4v) is 1.84. The van der Waals surface area contributed by atoms with Gasteiger partial charge in [0.05, 0.1) is 12.8 Å². The lowest BCUT2D eigenvalue weighted by molar-refractivity contribution is -0.116. The molecule has 0 fully saturated rings. The minimum atomic E-state index is -3.34. The first-order valence-electron chi connectivity index (χ1n) is 4.76. The zero-order chi connectivity index (χ0) is 13.1. The fourth-order valence-electron chi connectivity index (χ4n) is 1.09. The number of nitrogens with one attached hydrogen (secondary N) is 1. The molecule has 0 aliphatic carbocycles. The van der Waals surface area contributed by atoms with Crippen LogP contribution in [0.25, 0.3) is 0 Å². The summed E-state index contributed by atoms with van der Waals surface area (Å²) < 4.78 is 24.0. The third-order valence-electron chi connectivity index (χ3n) is 2.04. The summed E-state index contributed by atoms with van der Waals surface area (Å²) in [5.74, 6) is -0.379. The van der Waals surface area contributed by atoms with Crippen molar-refractivity contribution in [3.05, 3.63) is 28.7 Å². The highest BCUT2D eigenvalue weighted by atomic mass is 79.9. The smallest absolute Gasteiger partial charge is 0.239 e. The average molecular weight is 321 g/mol. The molecular formula is C10H13BrN2O3S. The second-order valence-corrected chi connectivity index (χ2v) is 6.58. The standard InChI is InChI=1S/C10H13BrN2O3S/c1-13(17(2,15)16)7-10(14)12-9-5-3-4-8(11)6-9/h3-6H,7H2,1-2H3,(H,12,14). The Morgan fingerprint density at radius 3 is 2.65 bits per heavy atom. The van der Waals surface area contributed by atoms with E-state index in [1.165, 1.54) is 7.05 Å². The maximum absolute atomic E-state index is 11.5. The van der Waals surface area contributed by atoms with Crippen LogP contribution in [0.5, 0.6) is 0 Å². The molecule has 1 rings (SSSR count). The molecule has 5 nitrogen and oxygen atoms in total. The first-order chi connectivity index (χ1) is 7.79. The van der Waals surface area contributed by atoms with Gasteiger partial charge in [-0.25, -0.2) is 8.42 Å². The number of hydrogen-bond donors (Lipinski definition) is 1. The van der Waals surface area contributed by atoms with Gasteiger partial charge in [0, 0.05) is 17.2 Å². The summed E-state index contributed by atoms with van der Waals surface area (Å²) in [6.45, 7) is -0.203. The molecule has 0 aliphatic heterocycles. The quantitative estimate of drug-likeness (QED) is 0.908. The van der Waals surface area contributed by atoms with Crippen LogP contribution < -0.4 is 5.32 Å². The number of anilines is 1. The van der Waals surface area contributed by atoms with Crippen LogP contribution in [-0.2, 0) is 14.8 Å². The molecular weight excluding hydrogens is 308 g/mol. The van der Waals surface area contributed by atoms with Crippen LogP contribution in [0.15, 0.2) is 28.7 Å². The molecule has 94 valence electrons. The Bertz CT molecular complexity index is 516. The zero-order valence-electron chi connectivity index (χ0n) is 9.47. The molecule has 0 spiro atoms. The molecule has 0 atom stereocenters. The molecule has 1 aromatic rings. The number of amides is 1. The fraction of sp³-hybridized carbons (Fsp3) is 0.300. The topological polar surface area (TPSA) is 66.5 Å². The number of likely N-dealkylation sites (N-methyl/N-ethyl adjacent to an activating group) is 1. The lowest BCUT2D eigenvalue weighted by Gasteiger charge is -2.13. The number of hydrogen-bond acceptors (Lipinski definition) is 3. The molecule has 1 aromatic carbocycles. The number of halogens is 1. The van der Waals surface area contributed by atoms with Crippen LogP contribution in [0.3, 0.4) is 0 Å². The number of rotatable bonds is 4. The molecule has 1 N–H and O–H groups in total. The van der Waals surface area contributed by atoms with Gasteiger partial charge >= 0.3 is 0 Å². The minimum Gasteiger partial charge on any atom is -0.325 e. The van der Waals surface area contributed by atoms with Gasteiger partial charge in [0.25, 0.3) is 0 Å². The van der Waals surface area contributed by atoms with Gasteiger partial charge in [-0.15, -0.1) is 0 Å². The number of sulfonamides is 1. The molecule has 0 aliphatic rings. The van der Waals surface area contributed by atoms with Crippen molar-refractivity contribution in [2.24, 2.45) is 0 Å². The maximum atomic E-state index is 11.5. The molecule has 0 unspecified atom stereocenters. The van der Waals surface area contributed by atoms with E-state index in [9.17, 15) is 13.2 Å². The third-order valence-corrected chi connectivity index (χ3v) is 3.80. The summed E-state index contributed by atoms with van der Waals surface area (Å²) in [6, 6.07) is 7.07. The van der Waals surface area contributed by atoms with E-state index in [1.807, 2.05) is 6.07 Å². The van der Waals surface area contributed by atoms with E-state index in [4.69, 9.17) is 0 Å². The van der Waals surface area contributed by atoms with Crippen molar-refractivity contribution in [2.75, 3.05) is 25.2 Å². The molecule has 0 bridgehead atoms. The summed E-state index contributed by atoms with van der Waals surface area (Å²) in [5, 5.41) is 2.61. The van der Waals surface area contributed by atoms with Crippen molar-refractivity contribution in [1.29, 1.82) is 0 Å². The molecule has 0 radical (unpaired) electrons. The highest BCUT2D eigenvalue weighted by Gasteiger charge is 2.14. The Morgan fingerprint density at radius 1 is 1.47 bits per heavy atom. The summed E-state index contributed by atoms with van der Waals surface area (Å²) in [6.07, 6.45) is 1.05. The molecule has 0 aromatic heterocycles. The molecule has 17 heavy (non-hydrogen) atoms. The van der Waals surface area contributed by atoms with Crippen molar-refractivity contribution < 1.29 is 13.2 Å². The third kappa shape index (κ3) is 4.84. The summed E-state index contributed by atoms with van der Waals surface area (Å²) in [7, 11) is -1.98. The summed E-state index contributed by atoms with van der Waals surface area (Å²) in [4.78, 5) is 11.5. The summed E-state index contributed by atoms with van der Waals surface area (Å²) >= 11 is 3.28. The Balaban J connectivity index is 2.62. The molecule has 0 heterocycles. The van der Waals surface area contributed by atoms with Crippen molar-refractivity contribution in [3.8, 4) is 0 Å². The second-order valence-electron chi connectivity index (χ2n) is 3.58. The van der Waals surface area contributed by atoms with Crippen molar-refractivity contribution in [2.45, 2.75) is 0 Å². The van der Waals surface area contributed by atoms with Crippen LogP contribution in [0.2, 0.25) is 0 Å². The molecule has 0 saturated heterocycles. The van der Waals surface area contributed by atoms with E-state index >= 15 is 0 Å². The lowest BCUT2D eigenvalue weighted by Crippen LogP contribution is -2.34. The first-order valence-corrected chi connectivity index (χ1v) is 7.40. The van der Waals surface area contributed by atoms with Gasteiger partial charge < -0.3 is 5.32 Å². The van der Waals surface area contributed by atoms with Crippen LogP contribution >= 0.6 is 15.9 Å². The number of carbonyl (C=O) groups excluding carboxylic acids is 1. The van der Waals surface area contributed by atoms with Crippen LogP contribution in [0.1, 0.15) is 0 Å². The van der Waals surface area contributed by atoms with E-state index in [-0.39, 0.29) is 12.5 Å². The Labute approximate surface area is 109 Å². The van der Waals surface area contributed by atoms with Gasteiger partial charge in [-0.05, 0) is 18.2 Å². The maximum Gasteiger partial charge on any atom is 0.239 e. The van der Waals surface area contributed by atoms with Gasteiger partial charge in [-0.1, -0.05) is 22.0 Å². The van der Waals surface area contributed by atoms with Crippen LogP contribution in [-0.4, -0.2) is 38.5 Å². The Morgan fingerprint density at radius 2 is 2.12 bits per heavy atom. The van der Waals surface area contributed by atoms with E-state index in [0.717, 1.165) is 15.0 Å². The summed E-state index contributed by atoms with van der Waals surface area (Å²) in [5.41, 5.74) is 0.617. The van der Waals surface area contributed by atoms with Crippen molar-refractivity contribution in [1.82, 2.24) is 4.31 Å². The Hall–Kier alpha value is -0.920. The first kappa shape index (κ1) is 14.1. The largest absolute Gasteiger partial charge is 0.325 e. The highest BCUT2D eigenvalue weighted by molar-refractivity contribution is 9.10. The van der Waals surface area contributed by atoms with Crippen LogP contribution in [0, 0.1) is 0 Å².